The molecular weight excluding hydrogens is 384 g/mol. The van der Waals surface area contributed by atoms with Gasteiger partial charge in [-0.25, -0.2) is 0 Å². The molecule has 2 aromatic carbocycles. The molecule has 0 radical (unpaired) electrons. The first-order chi connectivity index (χ1) is 14.3. The van der Waals surface area contributed by atoms with Gasteiger partial charge in [0.25, 0.3) is 0 Å². The summed E-state index contributed by atoms with van der Waals surface area (Å²) in [6, 6.07) is 12.9. The van der Waals surface area contributed by atoms with Crippen molar-refractivity contribution in [1.82, 2.24) is 10.2 Å². The van der Waals surface area contributed by atoms with Crippen LogP contribution in [0.5, 0.6) is 11.5 Å². The second-order valence-electron chi connectivity index (χ2n) is 7.20. The van der Waals surface area contributed by atoms with E-state index in [4.69, 9.17) is 9.47 Å². The maximum absolute atomic E-state index is 12.3. The fourth-order valence-corrected chi connectivity index (χ4v) is 2.96. The number of carbonyl (C=O) groups excluding carboxylic acids is 2. The van der Waals surface area contributed by atoms with E-state index in [0.29, 0.717) is 23.7 Å². The first kappa shape index (κ1) is 23.0. The summed E-state index contributed by atoms with van der Waals surface area (Å²) in [5.41, 5.74) is 2.58. The van der Waals surface area contributed by atoms with Gasteiger partial charge >= 0.3 is 11.8 Å². The minimum Gasteiger partial charge on any atom is -0.493 e. The summed E-state index contributed by atoms with van der Waals surface area (Å²) < 4.78 is 10.4. The van der Waals surface area contributed by atoms with Crippen molar-refractivity contribution in [3.8, 4) is 11.5 Å². The number of anilines is 2. The third kappa shape index (κ3) is 5.87. The first-order valence-corrected chi connectivity index (χ1v) is 9.51. The van der Waals surface area contributed by atoms with Gasteiger partial charge in [0, 0.05) is 38.1 Å². The second-order valence-corrected chi connectivity index (χ2v) is 7.20. The van der Waals surface area contributed by atoms with Crippen LogP contribution in [0.3, 0.4) is 0 Å². The highest BCUT2D eigenvalue weighted by molar-refractivity contribution is 6.39. The Morgan fingerprint density at radius 3 is 2.07 bits per heavy atom. The molecule has 0 heterocycles. The summed E-state index contributed by atoms with van der Waals surface area (Å²) in [5.74, 6) is -0.456. The molecule has 8 nitrogen and oxygen atoms in total. The van der Waals surface area contributed by atoms with E-state index >= 15 is 0 Å². The summed E-state index contributed by atoms with van der Waals surface area (Å²) in [5, 5.41) is 5.29. The van der Waals surface area contributed by atoms with Crippen LogP contribution in [-0.2, 0) is 9.59 Å². The van der Waals surface area contributed by atoms with Crippen molar-refractivity contribution >= 4 is 23.2 Å². The number of rotatable bonds is 8. The number of ether oxygens (including phenoxy) is 2. The van der Waals surface area contributed by atoms with Crippen molar-refractivity contribution in [2.24, 2.45) is 0 Å². The van der Waals surface area contributed by atoms with Gasteiger partial charge in [-0.1, -0.05) is 12.1 Å². The largest absolute Gasteiger partial charge is 0.493 e. The van der Waals surface area contributed by atoms with Crippen molar-refractivity contribution in [2.45, 2.75) is 6.04 Å². The van der Waals surface area contributed by atoms with Gasteiger partial charge in [-0.3, -0.25) is 9.59 Å². The number of amides is 2. The van der Waals surface area contributed by atoms with Crippen molar-refractivity contribution in [3.05, 3.63) is 48.0 Å². The monoisotopic (exact) mass is 414 g/mol. The Morgan fingerprint density at radius 1 is 0.900 bits per heavy atom. The Hall–Kier alpha value is -3.26. The van der Waals surface area contributed by atoms with Crippen LogP contribution in [0, 0.1) is 0 Å². The second kappa shape index (κ2) is 10.5. The van der Waals surface area contributed by atoms with Crippen LogP contribution in [0.1, 0.15) is 11.6 Å². The smallest absolute Gasteiger partial charge is 0.313 e. The normalized spacial score (nSPS) is 11.6. The minimum absolute atomic E-state index is 0.0703. The minimum atomic E-state index is -0.748. The molecule has 1 atom stereocenters. The fourth-order valence-electron chi connectivity index (χ4n) is 2.96. The molecule has 30 heavy (non-hydrogen) atoms. The number of hydrogen-bond acceptors (Lipinski definition) is 6. The third-order valence-corrected chi connectivity index (χ3v) is 4.72. The summed E-state index contributed by atoms with van der Waals surface area (Å²) in [4.78, 5) is 28.6. The lowest BCUT2D eigenvalue weighted by molar-refractivity contribution is -0.136. The molecule has 2 amide bonds. The summed E-state index contributed by atoms with van der Waals surface area (Å²) in [7, 11) is 10.9. The molecule has 2 rings (SSSR count). The Labute approximate surface area is 177 Å². The van der Waals surface area contributed by atoms with Crippen molar-refractivity contribution < 1.29 is 19.1 Å². The number of benzene rings is 2. The number of hydrogen-bond donors (Lipinski definition) is 2. The molecule has 162 valence electrons. The topological polar surface area (TPSA) is 83.1 Å². The van der Waals surface area contributed by atoms with Crippen LogP contribution in [-0.4, -0.2) is 65.7 Å². The number of likely N-dealkylation sites (N-methyl/N-ethyl adjacent to an activating group) is 1. The highest BCUT2D eigenvalue weighted by Crippen LogP contribution is 2.29. The number of methoxy groups -OCH3 is 2. The summed E-state index contributed by atoms with van der Waals surface area (Å²) in [6.45, 7) is 0.298. The van der Waals surface area contributed by atoms with E-state index < -0.39 is 11.8 Å². The average molecular weight is 415 g/mol. The first-order valence-electron chi connectivity index (χ1n) is 9.51. The third-order valence-electron chi connectivity index (χ3n) is 4.72. The van der Waals surface area contributed by atoms with E-state index in [1.165, 1.54) is 14.2 Å². The number of nitrogens with zero attached hydrogens (tertiary/aromatic N) is 2. The highest BCUT2D eigenvalue weighted by atomic mass is 16.5. The SMILES string of the molecule is COc1ccc(NC(=O)C(=O)NCC(c2ccc(N(C)C)cc2)N(C)C)cc1OC. The molecule has 0 aliphatic rings. The van der Waals surface area contributed by atoms with Gasteiger partial charge in [0.15, 0.2) is 11.5 Å². The lowest BCUT2D eigenvalue weighted by Crippen LogP contribution is -2.40. The standard InChI is InChI=1S/C22H30N4O4/c1-25(2)17-10-7-15(8-11-17)18(26(3)4)14-23-21(27)22(28)24-16-9-12-19(29-5)20(13-16)30-6/h7-13,18H,14H2,1-6H3,(H,23,27)(H,24,28). The van der Waals surface area contributed by atoms with E-state index in [-0.39, 0.29) is 6.04 Å². The molecule has 1 unspecified atom stereocenters. The Balaban J connectivity index is 2.00. The Morgan fingerprint density at radius 2 is 1.53 bits per heavy atom. The zero-order chi connectivity index (χ0) is 22.3. The number of nitrogens with one attached hydrogen (secondary N) is 2. The average Bonchev–Trinajstić information content (AvgIpc) is 2.73. The maximum atomic E-state index is 12.3. The van der Waals surface area contributed by atoms with Crippen LogP contribution >= 0.6 is 0 Å². The van der Waals surface area contributed by atoms with E-state index in [2.05, 4.69) is 10.6 Å². The molecule has 2 N–H and O–H groups in total. The molecule has 0 aliphatic heterocycles. The maximum Gasteiger partial charge on any atom is 0.313 e. The van der Waals surface area contributed by atoms with Crippen molar-refractivity contribution in [2.75, 3.05) is 59.2 Å². The summed E-state index contributed by atoms with van der Waals surface area (Å²) >= 11 is 0. The van der Waals surface area contributed by atoms with E-state index in [9.17, 15) is 9.59 Å². The lowest BCUT2D eigenvalue weighted by Gasteiger charge is -2.25. The Bertz CT molecular complexity index is 866. The molecule has 2 aromatic rings. The van der Waals surface area contributed by atoms with E-state index in [1.54, 1.807) is 18.2 Å². The van der Waals surface area contributed by atoms with Crippen LogP contribution in [0.2, 0.25) is 0 Å². The van der Waals surface area contributed by atoms with Gasteiger partial charge in [0.1, 0.15) is 0 Å². The van der Waals surface area contributed by atoms with Crippen LogP contribution in [0.15, 0.2) is 42.5 Å². The zero-order valence-corrected chi connectivity index (χ0v) is 18.4. The van der Waals surface area contributed by atoms with Gasteiger partial charge in [-0.15, -0.1) is 0 Å². The van der Waals surface area contributed by atoms with E-state index in [0.717, 1.165) is 11.3 Å². The predicted octanol–water partition coefficient (Wildman–Crippen LogP) is 2.13. The molecule has 0 aromatic heterocycles. The van der Waals surface area contributed by atoms with Gasteiger partial charge in [0.05, 0.1) is 20.3 Å². The molecule has 0 fully saturated rings. The number of carbonyl (C=O) groups is 2. The molecular formula is C22H30N4O4. The molecule has 0 bridgehead atoms. The molecule has 8 heteroatoms. The molecule has 0 saturated carbocycles. The van der Waals surface area contributed by atoms with Gasteiger partial charge in [0.2, 0.25) is 0 Å². The predicted molar refractivity (Wildman–Crippen MR) is 118 cm³/mol. The highest BCUT2D eigenvalue weighted by Gasteiger charge is 2.19. The summed E-state index contributed by atoms with van der Waals surface area (Å²) in [6.07, 6.45) is 0. The molecule has 0 spiro atoms. The van der Waals surface area contributed by atoms with Crippen molar-refractivity contribution in [1.29, 1.82) is 0 Å². The van der Waals surface area contributed by atoms with Crippen molar-refractivity contribution in [3.63, 3.8) is 0 Å². The molecule has 0 aliphatic carbocycles. The van der Waals surface area contributed by atoms with Gasteiger partial charge in [-0.05, 0) is 43.9 Å². The van der Waals surface area contributed by atoms with Crippen LogP contribution in [0.4, 0.5) is 11.4 Å². The zero-order valence-electron chi connectivity index (χ0n) is 18.4. The van der Waals surface area contributed by atoms with Crippen LogP contribution in [0.25, 0.3) is 0 Å². The molecule has 0 saturated heterocycles. The lowest BCUT2D eigenvalue weighted by atomic mass is 10.1. The fraction of sp³-hybridized carbons (Fsp3) is 0.364. The van der Waals surface area contributed by atoms with Gasteiger partial charge < -0.3 is 29.9 Å². The van der Waals surface area contributed by atoms with Crippen LogP contribution < -0.4 is 25.0 Å². The quantitative estimate of drug-likeness (QED) is 0.644. The van der Waals surface area contributed by atoms with Gasteiger partial charge in [-0.2, -0.15) is 0 Å². The van der Waals surface area contributed by atoms with E-state index in [1.807, 2.05) is 62.3 Å². The Kier molecular flexibility index (Phi) is 8.06.